The van der Waals surface area contributed by atoms with Gasteiger partial charge in [0.05, 0.1) is 18.2 Å². The SMILES string of the molecule is CCCCCC(=O)NC1C[C@@H]2[C@H](CC[C@]3(C)[C@@H](O)[C@H](O)C[C@@H]23)c2ccc(O)cc21. The lowest BCUT2D eigenvalue weighted by atomic mass is 9.54. The summed E-state index contributed by atoms with van der Waals surface area (Å²) in [4.78, 5) is 12.6. The van der Waals surface area contributed by atoms with Gasteiger partial charge in [-0.15, -0.1) is 0 Å². The van der Waals surface area contributed by atoms with E-state index in [-0.39, 0.29) is 29.0 Å². The first-order chi connectivity index (χ1) is 13.8. The molecule has 1 aromatic carbocycles. The molecule has 2 fully saturated rings. The van der Waals surface area contributed by atoms with Crippen molar-refractivity contribution >= 4 is 5.91 Å². The Morgan fingerprint density at radius 2 is 2.00 bits per heavy atom. The number of hydrogen-bond donors (Lipinski definition) is 4. The molecule has 1 amide bonds. The number of amides is 1. The zero-order valence-electron chi connectivity index (χ0n) is 17.6. The number of unbranched alkanes of at least 4 members (excludes halogenated alkanes) is 2. The van der Waals surface area contributed by atoms with Gasteiger partial charge in [-0.05, 0) is 78.5 Å². The molecule has 0 aromatic heterocycles. The maximum absolute atomic E-state index is 12.6. The highest BCUT2D eigenvalue weighted by Crippen LogP contribution is 2.62. The van der Waals surface area contributed by atoms with E-state index in [0.717, 1.165) is 44.1 Å². The number of aliphatic hydroxyl groups excluding tert-OH is 2. The molecule has 7 atom stereocenters. The summed E-state index contributed by atoms with van der Waals surface area (Å²) in [7, 11) is 0. The van der Waals surface area contributed by atoms with Crippen LogP contribution < -0.4 is 5.32 Å². The fourth-order valence-electron chi connectivity index (χ4n) is 6.53. The van der Waals surface area contributed by atoms with Crippen molar-refractivity contribution < 1.29 is 20.1 Å². The monoisotopic (exact) mass is 401 g/mol. The van der Waals surface area contributed by atoms with Crippen molar-refractivity contribution in [3.05, 3.63) is 29.3 Å². The summed E-state index contributed by atoms with van der Waals surface area (Å²) < 4.78 is 0. The first kappa shape index (κ1) is 20.7. The van der Waals surface area contributed by atoms with Crippen LogP contribution in [0.1, 0.15) is 88.3 Å². The third-order valence-corrected chi connectivity index (χ3v) is 8.11. The lowest BCUT2D eigenvalue weighted by Gasteiger charge is -2.51. The quantitative estimate of drug-likeness (QED) is 0.565. The molecule has 3 aliphatic rings. The van der Waals surface area contributed by atoms with Crippen molar-refractivity contribution in [2.24, 2.45) is 17.3 Å². The molecule has 0 spiro atoms. The number of carbonyl (C=O) groups is 1. The van der Waals surface area contributed by atoms with Crippen molar-refractivity contribution in [1.29, 1.82) is 0 Å². The summed E-state index contributed by atoms with van der Waals surface area (Å²) in [6, 6.07) is 5.45. The standard InChI is InChI=1S/C24H35NO4/c1-3-4-5-6-22(28)25-20-12-17-16(15-8-7-14(26)11-18(15)20)9-10-24(2)19(17)13-21(27)23(24)29/h7-8,11,16-17,19-21,23,26-27,29H,3-6,9-10,12-13H2,1-2H3,(H,25,28)/t16-,17-,19+,20?,21-,23+,24+/m1/s1. The zero-order valence-corrected chi connectivity index (χ0v) is 17.6. The summed E-state index contributed by atoms with van der Waals surface area (Å²) in [5, 5.41) is 34.4. The molecule has 0 bridgehead atoms. The molecule has 1 unspecified atom stereocenters. The van der Waals surface area contributed by atoms with E-state index in [2.05, 4.69) is 19.2 Å². The predicted molar refractivity (Wildman–Crippen MR) is 111 cm³/mol. The number of phenolic OH excluding ortho intramolecular Hbond substituents is 1. The molecule has 0 saturated heterocycles. The Labute approximate surface area is 173 Å². The molecule has 4 N–H and O–H groups in total. The van der Waals surface area contributed by atoms with Gasteiger partial charge in [-0.1, -0.05) is 32.8 Å². The van der Waals surface area contributed by atoms with E-state index in [0.29, 0.717) is 24.7 Å². The fraction of sp³-hybridized carbons (Fsp3) is 0.708. The molecule has 5 nitrogen and oxygen atoms in total. The largest absolute Gasteiger partial charge is 0.508 e. The number of fused-ring (bicyclic) bond motifs is 5. The van der Waals surface area contributed by atoms with Gasteiger partial charge in [-0.25, -0.2) is 0 Å². The Morgan fingerprint density at radius 3 is 2.76 bits per heavy atom. The third kappa shape index (κ3) is 3.57. The Kier molecular flexibility index (Phi) is 5.64. The molecule has 0 heterocycles. The molecular formula is C24H35NO4. The van der Waals surface area contributed by atoms with Gasteiger partial charge in [0.1, 0.15) is 5.75 Å². The van der Waals surface area contributed by atoms with Crippen LogP contribution in [0.4, 0.5) is 0 Å². The topological polar surface area (TPSA) is 89.8 Å². The lowest BCUT2D eigenvalue weighted by molar-refractivity contribution is -0.122. The van der Waals surface area contributed by atoms with Gasteiger partial charge in [-0.2, -0.15) is 0 Å². The summed E-state index contributed by atoms with van der Waals surface area (Å²) >= 11 is 0. The second kappa shape index (κ2) is 7.92. The highest BCUT2D eigenvalue weighted by Gasteiger charge is 2.58. The van der Waals surface area contributed by atoms with Crippen LogP contribution in [0.15, 0.2) is 18.2 Å². The Bertz CT molecular complexity index is 765. The number of aromatic hydroxyl groups is 1. The fourth-order valence-corrected chi connectivity index (χ4v) is 6.53. The van der Waals surface area contributed by atoms with Gasteiger partial charge >= 0.3 is 0 Å². The molecule has 5 heteroatoms. The van der Waals surface area contributed by atoms with Gasteiger partial charge < -0.3 is 20.6 Å². The molecule has 0 aliphatic heterocycles. The number of benzene rings is 1. The maximum atomic E-state index is 12.6. The normalized spacial score (nSPS) is 38.1. The van der Waals surface area contributed by atoms with Crippen LogP contribution in [0.5, 0.6) is 5.75 Å². The van der Waals surface area contributed by atoms with E-state index in [1.54, 1.807) is 6.07 Å². The van der Waals surface area contributed by atoms with Gasteiger partial charge in [0.15, 0.2) is 0 Å². The van der Waals surface area contributed by atoms with E-state index in [1.165, 1.54) is 5.56 Å². The second-order valence-electron chi connectivity index (χ2n) is 9.80. The second-order valence-corrected chi connectivity index (χ2v) is 9.80. The van der Waals surface area contributed by atoms with Gasteiger partial charge in [-0.3, -0.25) is 4.79 Å². The molecule has 2 saturated carbocycles. The molecule has 29 heavy (non-hydrogen) atoms. The molecule has 3 aliphatic carbocycles. The number of aliphatic hydroxyl groups is 2. The van der Waals surface area contributed by atoms with E-state index in [4.69, 9.17) is 0 Å². The number of phenols is 1. The molecular weight excluding hydrogens is 366 g/mol. The summed E-state index contributed by atoms with van der Waals surface area (Å²) in [5.41, 5.74) is 2.00. The first-order valence-electron chi connectivity index (χ1n) is 11.3. The van der Waals surface area contributed by atoms with Crippen LogP contribution in [0.25, 0.3) is 0 Å². The van der Waals surface area contributed by atoms with Crippen molar-refractivity contribution in [3.63, 3.8) is 0 Å². The van der Waals surface area contributed by atoms with Crippen LogP contribution in [0.3, 0.4) is 0 Å². The van der Waals surface area contributed by atoms with E-state index in [1.807, 2.05) is 12.1 Å². The van der Waals surface area contributed by atoms with Gasteiger partial charge in [0, 0.05) is 6.42 Å². The lowest BCUT2D eigenvalue weighted by Crippen LogP contribution is -2.46. The van der Waals surface area contributed by atoms with E-state index < -0.39 is 12.2 Å². The van der Waals surface area contributed by atoms with Crippen molar-refractivity contribution in [1.82, 2.24) is 5.32 Å². The van der Waals surface area contributed by atoms with Crippen molar-refractivity contribution in [2.45, 2.75) is 89.4 Å². The van der Waals surface area contributed by atoms with Crippen LogP contribution in [0, 0.1) is 17.3 Å². The molecule has 4 rings (SSSR count). The minimum Gasteiger partial charge on any atom is -0.508 e. The van der Waals surface area contributed by atoms with Gasteiger partial charge in [0.25, 0.3) is 0 Å². The smallest absolute Gasteiger partial charge is 0.220 e. The molecule has 0 radical (unpaired) electrons. The Balaban J connectivity index is 1.62. The van der Waals surface area contributed by atoms with Crippen molar-refractivity contribution in [2.75, 3.05) is 0 Å². The minimum atomic E-state index is -0.670. The summed E-state index contributed by atoms with van der Waals surface area (Å²) in [5.74, 6) is 1.22. The number of nitrogens with one attached hydrogen (secondary N) is 1. The average molecular weight is 402 g/mol. The Morgan fingerprint density at radius 1 is 1.21 bits per heavy atom. The number of hydrogen-bond acceptors (Lipinski definition) is 4. The maximum Gasteiger partial charge on any atom is 0.220 e. The van der Waals surface area contributed by atoms with Crippen LogP contribution in [-0.2, 0) is 4.79 Å². The first-order valence-corrected chi connectivity index (χ1v) is 11.3. The van der Waals surface area contributed by atoms with Crippen LogP contribution >= 0.6 is 0 Å². The van der Waals surface area contributed by atoms with E-state index in [9.17, 15) is 20.1 Å². The average Bonchev–Trinajstić information content (AvgIpc) is 2.92. The minimum absolute atomic E-state index is 0.0706. The highest BCUT2D eigenvalue weighted by molar-refractivity contribution is 5.76. The van der Waals surface area contributed by atoms with Crippen LogP contribution in [0.2, 0.25) is 0 Å². The highest BCUT2D eigenvalue weighted by atomic mass is 16.3. The van der Waals surface area contributed by atoms with Crippen LogP contribution in [-0.4, -0.2) is 33.4 Å². The predicted octanol–water partition coefficient (Wildman–Crippen LogP) is 3.78. The number of rotatable bonds is 5. The summed E-state index contributed by atoms with van der Waals surface area (Å²) in [6.07, 6.45) is 5.53. The van der Waals surface area contributed by atoms with Gasteiger partial charge in [0.2, 0.25) is 5.91 Å². The Hall–Kier alpha value is -1.59. The number of carbonyl (C=O) groups excluding carboxylic acids is 1. The molecule has 160 valence electrons. The zero-order chi connectivity index (χ0) is 20.8. The van der Waals surface area contributed by atoms with Crippen molar-refractivity contribution in [3.8, 4) is 5.75 Å². The summed E-state index contributed by atoms with van der Waals surface area (Å²) in [6.45, 7) is 4.25. The molecule has 1 aromatic rings. The van der Waals surface area contributed by atoms with E-state index >= 15 is 0 Å². The third-order valence-electron chi connectivity index (χ3n) is 8.11.